The molecule has 0 aliphatic rings. The second-order valence-corrected chi connectivity index (χ2v) is 8.40. The summed E-state index contributed by atoms with van der Waals surface area (Å²) in [4.78, 5) is 13.5. The van der Waals surface area contributed by atoms with Crippen LogP contribution < -0.4 is 5.32 Å². The first-order valence-electron chi connectivity index (χ1n) is 11.2. The van der Waals surface area contributed by atoms with E-state index < -0.39 is 5.82 Å². The molecule has 8 heteroatoms. The molecule has 34 heavy (non-hydrogen) atoms. The third-order valence-electron chi connectivity index (χ3n) is 5.87. The largest absolute Gasteiger partial charge is 0.461 e. The number of halogens is 1. The molecular weight excluding hydrogens is 431 g/mol. The first-order valence-corrected chi connectivity index (χ1v) is 11.2. The Bertz CT molecular complexity index is 1490. The number of furan rings is 1. The summed E-state index contributed by atoms with van der Waals surface area (Å²) in [5.74, 6) is 0.841. The molecule has 0 fully saturated rings. The van der Waals surface area contributed by atoms with Crippen molar-refractivity contribution in [2.45, 2.75) is 40.3 Å². The fraction of sp³-hybridized carbons (Fsp3) is 0.231. The molecule has 5 rings (SSSR count). The van der Waals surface area contributed by atoms with Gasteiger partial charge in [0.15, 0.2) is 11.4 Å². The minimum atomic E-state index is -0.408. The summed E-state index contributed by atoms with van der Waals surface area (Å²) in [6, 6.07) is 7.22. The number of fused-ring (bicyclic) bond motifs is 1. The van der Waals surface area contributed by atoms with E-state index in [1.807, 2.05) is 62.4 Å². The lowest BCUT2D eigenvalue weighted by Gasteiger charge is -2.16. The van der Waals surface area contributed by atoms with Crippen LogP contribution >= 0.6 is 0 Å². The number of aromatic nitrogens is 5. The maximum absolute atomic E-state index is 14.6. The van der Waals surface area contributed by atoms with E-state index in [2.05, 4.69) is 38.4 Å². The summed E-state index contributed by atoms with van der Waals surface area (Å²) in [5, 5.41) is 8.53. The number of hydrogen-bond donors (Lipinski definition) is 1. The van der Waals surface area contributed by atoms with E-state index in [4.69, 9.17) is 4.42 Å². The van der Waals surface area contributed by atoms with Gasteiger partial charge in [0.25, 0.3) is 0 Å². The van der Waals surface area contributed by atoms with Crippen LogP contribution in [0.25, 0.3) is 33.4 Å². The highest BCUT2D eigenvalue weighted by Gasteiger charge is 2.15. The maximum atomic E-state index is 14.6. The fourth-order valence-corrected chi connectivity index (χ4v) is 4.00. The zero-order valence-corrected chi connectivity index (χ0v) is 19.5. The smallest absolute Gasteiger partial charge is 0.169 e. The van der Waals surface area contributed by atoms with E-state index in [9.17, 15) is 4.39 Å². The average Bonchev–Trinajstić information content (AvgIpc) is 3.46. The van der Waals surface area contributed by atoms with Crippen LogP contribution in [-0.4, -0.2) is 24.7 Å². The van der Waals surface area contributed by atoms with Gasteiger partial charge >= 0.3 is 0 Å². The molecule has 4 heterocycles. The average molecular weight is 457 g/mol. The Morgan fingerprint density at radius 3 is 2.68 bits per heavy atom. The van der Waals surface area contributed by atoms with Gasteiger partial charge in [-0.15, -0.1) is 0 Å². The van der Waals surface area contributed by atoms with Crippen molar-refractivity contribution in [3.8, 4) is 22.4 Å². The van der Waals surface area contributed by atoms with Gasteiger partial charge in [0.1, 0.15) is 11.6 Å². The minimum absolute atomic E-state index is 0.0637. The quantitative estimate of drug-likeness (QED) is 0.333. The van der Waals surface area contributed by atoms with Crippen LogP contribution in [0.2, 0.25) is 0 Å². The molecule has 0 saturated heterocycles. The molecule has 7 nitrogen and oxygen atoms in total. The lowest BCUT2D eigenvalue weighted by Crippen LogP contribution is -2.09. The third kappa shape index (κ3) is 4.14. The van der Waals surface area contributed by atoms with Gasteiger partial charge in [0.05, 0.1) is 24.2 Å². The summed E-state index contributed by atoms with van der Waals surface area (Å²) in [6.45, 7) is 8.64. The molecule has 1 atom stereocenters. The van der Waals surface area contributed by atoms with Crippen LogP contribution in [0.5, 0.6) is 0 Å². The van der Waals surface area contributed by atoms with Crippen LogP contribution in [0.15, 0.2) is 59.7 Å². The lowest BCUT2D eigenvalue weighted by molar-refractivity contribution is 0.559. The van der Waals surface area contributed by atoms with Gasteiger partial charge in [-0.2, -0.15) is 5.10 Å². The molecule has 0 spiro atoms. The van der Waals surface area contributed by atoms with Gasteiger partial charge in [-0.1, -0.05) is 0 Å². The SMILES string of the molecule is CCn1cc(-c2cncc(C(C)Nc3cc(-c4cc(F)c5occ(C)c5c4)nc(C)n3)c2)cn1. The van der Waals surface area contributed by atoms with Gasteiger partial charge in [-0.25, -0.2) is 14.4 Å². The minimum Gasteiger partial charge on any atom is -0.461 e. The van der Waals surface area contributed by atoms with E-state index in [1.54, 1.807) is 6.26 Å². The van der Waals surface area contributed by atoms with Crippen molar-refractivity contribution in [2.24, 2.45) is 0 Å². The van der Waals surface area contributed by atoms with E-state index in [-0.39, 0.29) is 11.6 Å². The molecule has 0 radical (unpaired) electrons. The van der Waals surface area contributed by atoms with Crippen molar-refractivity contribution in [1.82, 2.24) is 24.7 Å². The Morgan fingerprint density at radius 1 is 1.03 bits per heavy atom. The van der Waals surface area contributed by atoms with Gasteiger partial charge < -0.3 is 9.73 Å². The highest BCUT2D eigenvalue weighted by molar-refractivity contribution is 5.86. The molecule has 0 aliphatic heterocycles. The second kappa shape index (κ2) is 8.70. The number of hydrogen-bond acceptors (Lipinski definition) is 6. The maximum Gasteiger partial charge on any atom is 0.169 e. The molecule has 0 bridgehead atoms. The van der Waals surface area contributed by atoms with E-state index in [0.717, 1.165) is 34.2 Å². The number of rotatable bonds is 6. The molecule has 0 amide bonds. The number of aryl methyl sites for hydroxylation is 3. The topological polar surface area (TPSA) is 81.7 Å². The lowest BCUT2D eigenvalue weighted by atomic mass is 10.1. The van der Waals surface area contributed by atoms with Crippen LogP contribution in [0, 0.1) is 19.7 Å². The van der Waals surface area contributed by atoms with Crippen molar-refractivity contribution in [3.63, 3.8) is 0 Å². The molecule has 5 aromatic rings. The fourth-order valence-electron chi connectivity index (χ4n) is 4.00. The summed E-state index contributed by atoms with van der Waals surface area (Å²) >= 11 is 0. The van der Waals surface area contributed by atoms with Gasteiger partial charge in [-0.05, 0) is 57.0 Å². The van der Waals surface area contributed by atoms with Crippen molar-refractivity contribution >= 4 is 16.8 Å². The highest BCUT2D eigenvalue weighted by atomic mass is 19.1. The number of pyridine rings is 1. The van der Waals surface area contributed by atoms with Crippen molar-refractivity contribution in [2.75, 3.05) is 5.32 Å². The molecular formula is C26H25FN6O. The number of anilines is 1. The number of benzene rings is 1. The predicted octanol–water partition coefficient (Wildman–Crippen LogP) is 6.10. The van der Waals surface area contributed by atoms with E-state index in [0.29, 0.717) is 22.9 Å². The van der Waals surface area contributed by atoms with E-state index in [1.165, 1.54) is 6.07 Å². The zero-order chi connectivity index (χ0) is 23.8. The Morgan fingerprint density at radius 2 is 1.88 bits per heavy atom. The molecule has 1 N–H and O–H groups in total. The summed E-state index contributed by atoms with van der Waals surface area (Å²) in [7, 11) is 0. The molecule has 0 saturated carbocycles. The van der Waals surface area contributed by atoms with Crippen LogP contribution in [0.4, 0.5) is 10.2 Å². The first kappa shape index (κ1) is 21.8. The molecule has 1 unspecified atom stereocenters. The Hall–Kier alpha value is -4.07. The van der Waals surface area contributed by atoms with Crippen molar-refractivity contribution < 1.29 is 8.81 Å². The predicted molar refractivity (Wildman–Crippen MR) is 130 cm³/mol. The monoisotopic (exact) mass is 456 g/mol. The third-order valence-corrected chi connectivity index (χ3v) is 5.87. The zero-order valence-electron chi connectivity index (χ0n) is 19.5. The van der Waals surface area contributed by atoms with Crippen LogP contribution in [-0.2, 0) is 6.54 Å². The van der Waals surface area contributed by atoms with Crippen LogP contribution in [0.3, 0.4) is 0 Å². The number of nitrogens with zero attached hydrogens (tertiary/aromatic N) is 5. The highest BCUT2D eigenvalue weighted by Crippen LogP contribution is 2.31. The molecule has 4 aromatic heterocycles. The summed E-state index contributed by atoms with van der Waals surface area (Å²) in [6.07, 6.45) is 9.09. The van der Waals surface area contributed by atoms with Gasteiger partial charge in [-0.3, -0.25) is 9.67 Å². The normalized spacial score (nSPS) is 12.3. The second-order valence-electron chi connectivity index (χ2n) is 8.40. The van der Waals surface area contributed by atoms with E-state index >= 15 is 0 Å². The van der Waals surface area contributed by atoms with Crippen molar-refractivity contribution in [1.29, 1.82) is 0 Å². The molecule has 1 aromatic carbocycles. The molecule has 172 valence electrons. The first-order chi connectivity index (χ1) is 16.4. The Balaban J connectivity index is 1.43. The van der Waals surface area contributed by atoms with Crippen LogP contribution in [0.1, 0.15) is 36.8 Å². The Labute approximate surface area is 196 Å². The molecule has 0 aliphatic carbocycles. The summed E-state index contributed by atoms with van der Waals surface area (Å²) in [5.41, 5.74) is 5.50. The van der Waals surface area contributed by atoms with Crippen molar-refractivity contribution in [3.05, 3.63) is 78.1 Å². The summed E-state index contributed by atoms with van der Waals surface area (Å²) < 4.78 is 21.8. The van der Waals surface area contributed by atoms with Gasteiger partial charge in [0, 0.05) is 53.3 Å². The standard InChI is InChI=1S/C26H25FN6O/c1-5-33-13-21(12-29-33)20-6-19(10-28-11-20)16(3)30-25-9-24(31-17(4)32-25)18-7-22-15(2)14-34-26(22)23(27)8-18/h6-14,16H,5H2,1-4H3,(H,30,31,32). The number of nitrogens with one attached hydrogen (secondary N) is 1. The Kier molecular flexibility index (Phi) is 5.57. The van der Waals surface area contributed by atoms with Gasteiger partial charge in [0.2, 0.25) is 0 Å².